The predicted octanol–water partition coefficient (Wildman–Crippen LogP) is 1.38. The van der Waals surface area contributed by atoms with E-state index in [1.165, 1.54) is 10.5 Å². The first-order valence-electron chi connectivity index (χ1n) is 7.29. The highest BCUT2D eigenvalue weighted by molar-refractivity contribution is 5.78. The van der Waals surface area contributed by atoms with Crippen LogP contribution in [0.5, 0.6) is 5.75 Å². The minimum Gasteiger partial charge on any atom is -0.493 e. The van der Waals surface area contributed by atoms with Crippen LogP contribution >= 0.6 is 0 Å². The molecule has 1 atom stereocenters. The number of carboxylic acids is 1. The fourth-order valence-electron chi connectivity index (χ4n) is 2.24. The first kappa shape index (κ1) is 16.3. The maximum Gasteiger partial charge on any atom is 0.334 e. The van der Waals surface area contributed by atoms with Crippen molar-refractivity contribution in [2.24, 2.45) is 0 Å². The van der Waals surface area contributed by atoms with Crippen LogP contribution in [0.25, 0.3) is 0 Å². The third-order valence-electron chi connectivity index (χ3n) is 3.76. The van der Waals surface area contributed by atoms with E-state index in [9.17, 15) is 9.59 Å². The summed E-state index contributed by atoms with van der Waals surface area (Å²) < 4.78 is 10.7. The van der Waals surface area contributed by atoms with Gasteiger partial charge in [0, 0.05) is 6.54 Å². The maximum atomic E-state index is 12.1. The summed E-state index contributed by atoms with van der Waals surface area (Å²) in [6.45, 7) is 5.08. The van der Waals surface area contributed by atoms with Crippen molar-refractivity contribution in [3.05, 3.63) is 29.3 Å². The molecule has 1 aromatic carbocycles. The van der Waals surface area contributed by atoms with Crippen molar-refractivity contribution in [2.45, 2.75) is 26.4 Å². The SMILES string of the molecule is Cc1ccc(OCCC(=O)N2CCOC(C(=O)O)C2)cc1C. The molecule has 1 saturated heterocycles. The lowest BCUT2D eigenvalue weighted by Crippen LogP contribution is -2.48. The normalized spacial score (nSPS) is 18.1. The van der Waals surface area contributed by atoms with Crippen LogP contribution in [0.2, 0.25) is 0 Å². The second-order valence-electron chi connectivity index (χ2n) is 5.38. The fraction of sp³-hybridized carbons (Fsp3) is 0.500. The van der Waals surface area contributed by atoms with Gasteiger partial charge >= 0.3 is 5.97 Å². The van der Waals surface area contributed by atoms with Gasteiger partial charge in [-0.1, -0.05) is 6.07 Å². The number of carbonyl (C=O) groups excluding carboxylic acids is 1. The van der Waals surface area contributed by atoms with Gasteiger partial charge in [0.05, 0.1) is 26.2 Å². The smallest absolute Gasteiger partial charge is 0.334 e. The van der Waals surface area contributed by atoms with Gasteiger partial charge in [0.2, 0.25) is 5.91 Å². The van der Waals surface area contributed by atoms with Gasteiger partial charge in [-0.15, -0.1) is 0 Å². The van der Waals surface area contributed by atoms with Gasteiger partial charge in [0.1, 0.15) is 5.75 Å². The van der Waals surface area contributed by atoms with Crippen molar-refractivity contribution < 1.29 is 24.2 Å². The van der Waals surface area contributed by atoms with Crippen LogP contribution in [0.15, 0.2) is 18.2 Å². The lowest BCUT2D eigenvalue weighted by molar-refractivity contribution is -0.159. The van der Waals surface area contributed by atoms with Gasteiger partial charge in [-0.05, 0) is 37.1 Å². The monoisotopic (exact) mass is 307 g/mol. The zero-order valence-electron chi connectivity index (χ0n) is 12.9. The number of amides is 1. The van der Waals surface area contributed by atoms with Crippen LogP contribution in [0.1, 0.15) is 17.5 Å². The Hall–Kier alpha value is -2.08. The zero-order chi connectivity index (χ0) is 16.1. The summed E-state index contributed by atoms with van der Waals surface area (Å²) in [5.41, 5.74) is 2.33. The van der Waals surface area contributed by atoms with Crippen molar-refractivity contribution >= 4 is 11.9 Å². The molecule has 120 valence electrons. The van der Waals surface area contributed by atoms with E-state index in [0.717, 1.165) is 11.3 Å². The van der Waals surface area contributed by atoms with Crippen molar-refractivity contribution in [3.8, 4) is 5.75 Å². The average molecular weight is 307 g/mol. The van der Waals surface area contributed by atoms with E-state index >= 15 is 0 Å². The molecular weight excluding hydrogens is 286 g/mol. The second-order valence-corrected chi connectivity index (χ2v) is 5.38. The van der Waals surface area contributed by atoms with E-state index < -0.39 is 12.1 Å². The van der Waals surface area contributed by atoms with Crippen molar-refractivity contribution in [2.75, 3.05) is 26.3 Å². The van der Waals surface area contributed by atoms with Crippen LogP contribution in [0.4, 0.5) is 0 Å². The summed E-state index contributed by atoms with van der Waals surface area (Å²) in [6.07, 6.45) is -0.711. The Labute approximate surface area is 129 Å². The standard InChI is InChI=1S/C16H21NO5/c1-11-3-4-13(9-12(11)2)21-7-5-15(18)17-6-8-22-14(10-17)16(19)20/h3-4,9,14H,5-8,10H2,1-2H3,(H,19,20). The summed E-state index contributed by atoms with van der Waals surface area (Å²) in [5, 5.41) is 8.92. The van der Waals surface area contributed by atoms with E-state index in [-0.39, 0.29) is 32.1 Å². The summed E-state index contributed by atoms with van der Waals surface area (Å²) in [5.74, 6) is -0.413. The van der Waals surface area contributed by atoms with Gasteiger partial charge in [0.15, 0.2) is 6.10 Å². The number of morpholine rings is 1. The molecular formula is C16H21NO5. The first-order valence-corrected chi connectivity index (χ1v) is 7.29. The quantitative estimate of drug-likeness (QED) is 0.889. The zero-order valence-corrected chi connectivity index (χ0v) is 12.9. The van der Waals surface area contributed by atoms with Crippen molar-refractivity contribution in [3.63, 3.8) is 0 Å². The van der Waals surface area contributed by atoms with Crippen LogP contribution in [-0.2, 0) is 14.3 Å². The molecule has 22 heavy (non-hydrogen) atoms. The van der Waals surface area contributed by atoms with Crippen LogP contribution in [-0.4, -0.2) is 54.3 Å². The number of hydrogen-bond acceptors (Lipinski definition) is 4. The third-order valence-corrected chi connectivity index (χ3v) is 3.76. The highest BCUT2D eigenvalue weighted by Crippen LogP contribution is 2.16. The maximum absolute atomic E-state index is 12.1. The van der Waals surface area contributed by atoms with E-state index in [2.05, 4.69) is 0 Å². The number of hydrogen-bond donors (Lipinski definition) is 1. The molecule has 0 radical (unpaired) electrons. The number of benzene rings is 1. The molecule has 1 aliphatic heterocycles. The van der Waals surface area contributed by atoms with Gasteiger partial charge in [0.25, 0.3) is 0 Å². The molecule has 1 N–H and O–H groups in total. The summed E-state index contributed by atoms with van der Waals surface area (Å²) in [6, 6.07) is 5.79. The van der Waals surface area contributed by atoms with Crippen LogP contribution in [0, 0.1) is 13.8 Å². The molecule has 1 aromatic rings. The number of ether oxygens (including phenoxy) is 2. The Morgan fingerprint density at radius 3 is 2.82 bits per heavy atom. The first-order chi connectivity index (χ1) is 10.5. The van der Waals surface area contributed by atoms with Gasteiger partial charge in [-0.2, -0.15) is 0 Å². The highest BCUT2D eigenvalue weighted by Gasteiger charge is 2.28. The minimum atomic E-state index is -1.04. The molecule has 0 bridgehead atoms. The molecule has 1 unspecified atom stereocenters. The number of carbonyl (C=O) groups is 2. The topological polar surface area (TPSA) is 76.1 Å². The summed E-state index contributed by atoms with van der Waals surface area (Å²) in [7, 11) is 0. The Balaban J connectivity index is 1.79. The largest absolute Gasteiger partial charge is 0.493 e. The van der Waals surface area contributed by atoms with Crippen LogP contribution in [0.3, 0.4) is 0 Å². The molecule has 0 aliphatic carbocycles. The number of aliphatic carboxylic acids is 1. The number of carboxylic acid groups (broad SMARTS) is 1. The van der Waals surface area contributed by atoms with E-state index in [1.807, 2.05) is 32.0 Å². The van der Waals surface area contributed by atoms with E-state index in [0.29, 0.717) is 6.54 Å². The highest BCUT2D eigenvalue weighted by atomic mass is 16.5. The predicted molar refractivity (Wildman–Crippen MR) is 80.0 cm³/mol. The molecule has 0 aromatic heterocycles. The molecule has 1 heterocycles. The van der Waals surface area contributed by atoms with E-state index in [1.54, 1.807) is 0 Å². The Morgan fingerprint density at radius 1 is 1.36 bits per heavy atom. The third kappa shape index (κ3) is 4.21. The molecule has 0 saturated carbocycles. The fourth-order valence-corrected chi connectivity index (χ4v) is 2.24. The Morgan fingerprint density at radius 2 is 2.14 bits per heavy atom. The van der Waals surface area contributed by atoms with Gasteiger partial charge in [-0.3, -0.25) is 4.79 Å². The molecule has 1 amide bonds. The van der Waals surface area contributed by atoms with Gasteiger partial charge < -0.3 is 19.5 Å². The molecule has 1 aliphatic rings. The van der Waals surface area contributed by atoms with Gasteiger partial charge in [-0.25, -0.2) is 4.79 Å². The van der Waals surface area contributed by atoms with Crippen LogP contribution < -0.4 is 4.74 Å². The number of aryl methyl sites for hydroxylation is 2. The second kappa shape index (κ2) is 7.26. The lowest BCUT2D eigenvalue weighted by atomic mass is 10.1. The number of nitrogens with zero attached hydrogens (tertiary/aromatic N) is 1. The molecule has 1 fully saturated rings. The molecule has 6 heteroatoms. The minimum absolute atomic E-state index is 0.0950. The summed E-state index contributed by atoms with van der Waals surface area (Å²) in [4.78, 5) is 24.5. The van der Waals surface area contributed by atoms with Crippen molar-refractivity contribution in [1.82, 2.24) is 4.90 Å². The van der Waals surface area contributed by atoms with Crippen molar-refractivity contribution in [1.29, 1.82) is 0 Å². The Kier molecular flexibility index (Phi) is 5.38. The average Bonchev–Trinajstić information content (AvgIpc) is 2.51. The summed E-state index contributed by atoms with van der Waals surface area (Å²) >= 11 is 0. The molecule has 2 rings (SSSR count). The Bertz CT molecular complexity index is 557. The van der Waals surface area contributed by atoms with E-state index in [4.69, 9.17) is 14.6 Å². The molecule has 0 spiro atoms. The number of rotatable bonds is 5. The lowest BCUT2D eigenvalue weighted by Gasteiger charge is -2.30. The molecule has 6 nitrogen and oxygen atoms in total.